The molecule has 5 N–H and O–H groups in total. The molecule has 1 heterocycles. The van der Waals surface area contributed by atoms with E-state index in [1.54, 1.807) is 0 Å². The molecule has 1 aromatic heterocycles. The van der Waals surface area contributed by atoms with Crippen LogP contribution in [0.5, 0.6) is 28.7 Å². The summed E-state index contributed by atoms with van der Waals surface area (Å²) in [5.74, 6) is -5.86. The Morgan fingerprint density at radius 3 is 2.13 bits per heavy atom. The first-order valence-corrected chi connectivity index (χ1v) is 11.1. The lowest BCUT2D eigenvalue weighted by Gasteiger charge is -2.20. The van der Waals surface area contributed by atoms with Gasteiger partial charge in [-0.05, 0) is 35.9 Å². The van der Waals surface area contributed by atoms with Gasteiger partial charge in [0, 0.05) is 23.1 Å². The molecule has 0 fully saturated rings. The van der Waals surface area contributed by atoms with Crippen LogP contribution in [-0.2, 0) is 14.3 Å². The number of fused-ring (bicyclic) bond motifs is 1. The summed E-state index contributed by atoms with van der Waals surface area (Å²) < 4.78 is 15.4. The van der Waals surface area contributed by atoms with E-state index in [2.05, 4.69) is 0 Å². The molecule has 4 aromatic rings. The molecule has 0 aliphatic heterocycles. The second-order valence-electron chi connectivity index (χ2n) is 8.29. The second-order valence-corrected chi connectivity index (χ2v) is 8.29. The largest absolute Gasteiger partial charge is 0.507 e. The topological polar surface area (TPSA) is 184 Å². The van der Waals surface area contributed by atoms with Gasteiger partial charge in [0.1, 0.15) is 22.5 Å². The van der Waals surface area contributed by atoms with E-state index < -0.39 is 63.2 Å². The number of phenols is 4. The molecule has 0 saturated carbocycles. The summed E-state index contributed by atoms with van der Waals surface area (Å²) in [5.41, 5.74) is -0.860. The smallest absolute Gasteiger partial charge is 0.337 e. The van der Waals surface area contributed by atoms with Crippen LogP contribution >= 0.6 is 0 Å². The van der Waals surface area contributed by atoms with Gasteiger partial charge in [-0.2, -0.15) is 0 Å². The average Bonchev–Trinajstić information content (AvgIpc) is 2.90. The average molecular weight is 522 g/mol. The number of hydrogen-bond donors (Lipinski definition) is 5. The van der Waals surface area contributed by atoms with Gasteiger partial charge in [-0.3, -0.25) is 9.59 Å². The number of esters is 2. The summed E-state index contributed by atoms with van der Waals surface area (Å²) in [7, 11) is 2.39. The molecule has 0 unspecified atom stereocenters. The Morgan fingerprint density at radius 2 is 1.53 bits per heavy atom. The van der Waals surface area contributed by atoms with Crippen LogP contribution in [0.3, 0.4) is 0 Å². The van der Waals surface area contributed by atoms with Crippen LogP contribution in [0.15, 0.2) is 57.7 Å². The first-order chi connectivity index (χ1) is 18.1. The van der Waals surface area contributed by atoms with E-state index in [4.69, 9.17) is 13.9 Å². The molecule has 0 aliphatic carbocycles. The van der Waals surface area contributed by atoms with Gasteiger partial charge in [-0.1, -0.05) is 12.1 Å². The molecule has 0 radical (unpaired) electrons. The fraction of sp³-hybridized carbons (Fsp3) is 0.148. The van der Waals surface area contributed by atoms with Gasteiger partial charge in [0.2, 0.25) is 11.2 Å². The van der Waals surface area contributed by atoms with Crippen molar-refractivity contribution < 1.29 is 49.0 Å². The molecule has 3 aromatic carbocycles. The Kier molecular flexibility index (Phi) is 6.85. The van der Waals surface area contributed by atoms with Crippen molar-refractivity contribution in [1.82, 2.24) is 0 Å². The van der Waals surface area contributed by atoms with E-state index in [0.717, 1.165) is 18.2 Å². The molecule has 196 valence electrons. The lowest BCUT2D eigenvalue weighted by Crippen LogP contribution is -2.13. The lowest BCUT2D eigenvalue weighted by atomic mass is 9.86. The fourth-order valence-corrected chi connectivity index (χ4v) is 4.15. The van der Waals surface area contributed by atoms with Crippen molar-refractivity contribution in [3.8, 4) is 40.1 Å². The molecule has 0 spiro atoms. The Morgan fingerprint density at radius 1 is 0.842 bits per heavy atom. The number of rotatable bonds is 6. The highest BCUT2D eigenvalue weighted by atomic mass is 16.5. The molecule has 0 bridgehead atoms. The van der Waals surface area contributed by atoms with Crippen molar-refractivity contribution in [1.29, 1.82) is 0 Å². The fourth-order valence-electron chi connectivity index (χ4n) is 4.15. The molecule has 0 aliphatic rings. The Bertz CT molecular complexity index is 1620. The van der Waals surface area contributed by atoms with Crippen molar-refractivity contribution in [3.63, 3.8) is 0 Å². The van der Waals surface area contributed by atoms with Gasteiger partial charge in [0.05, 0.1) is 26.2 Å². The van der Waals surface area contributed by atoms with Crippen LogP contribution in [0.4, 0.5) is 0 Å². The Balaban J connectivity index is 2.04. The Hall–Kier alpha value is -5.19. The van der Waals surface area contributed by atoms with Gasteiger partial charge in [0.15, 0.2) is 17.3 Å². The summed E-state index contributed by atoms with van der Waals surface area (Å²) in [6.07, 6.45) is -0.346. The zero-order valence-electron chi connectivity index (χ0n) is 20.1. The summed E-state index contributed by atoms with van der Waals surface area (Å²) >= 11 is 0. The maximum atomic E-state index is 13.1. The highest BCUT2D eigenvalue weighted by Gasteiger charge is 2.30. The molecule has 4 rings (SSSR count). The van der Waals surface area contributed by atoms with Gasteiger partial charge in [0.25, 0.3) is 0 Å². The van der Waals surface area contributed by atoms with Gasteiger partial charge in [-0.15, -0.1) is 0 Å². The first-order valence-electron chi connectivity index (χ1n) is 11.1. The van der Waals surface area contributed by atoms with E-state index in [1.165, 1.54) is 44.6 Å². The van der Waals surface area contributed by atoms with E-state index >= 15 is 0 Å². The normalized spacial score (nSPS) is 11.7. The summed E-state index contributed by atoms with van der Waals surface area (Å²) in [6, 6.07) is 10.2. The third-order valence-electron chi connectivity index (χ3n) is 6.06. The number of carbonyl (C=O) groups is 2. The maximum absolute atomic E-state index is 13.1. The number of ether oxygens (including phenoxy) is 2. The second kappa shape index (κ2) is 10.1. The minimum atomic E-state index is -1.05. The van der Waals surface area contributed by atoms with Crippen LogP contribution in [0.1, 0.15) is 33.8 Å². The zero-order chi connectivity index (χ0) is 27.7. The predicted octanol–water partition coefficient (Wildman–Crippen LogP) is 3.47. The van der Waals surface area contributed by atoms with Crippen molar-refractivity contribution in [3.05, 3.63) is 75.4 Å². The molecule has 38 heavy (non-hydrogen) atoms. The van der Waals surface area contributed by atoms with Crippen LogP contribution in [0.25, 0.3) is 22.3 Å². The van der Waals surface area contributed by atoms with Crippen molar-refractivity contribution in [2.24, 2.45) is 0 Å². The van der Waals surface area contributed by atoms with Gasteiger partial charge in [-0.25, -0.2) is 4.79 Å². The van der Waals surface area contributed by atoms with Crippen molar-refractivity contribution in [2.45, 2.75) is 12.3 Å². The number of phenolic OH excluding ortho intramolecular Hbond substituents is 4. The van der Waals surface area contributed by atoms with Crippen LogP contribution in [-0.4, -0.2) is 51.7 Å². The SMILES string of the molecule is COC(=O)C[C@@H](c1ccc(C(=O)OC)cc1)c1c(O)cc(O)c2c(=O)c(O)c(-c3ccc(O)c(O)c3)oc12. The summed E-state index contributed by atoms with van der Waals surface area (Å²) in [5, 5.41) is 51.1. The van der Waals surface area contributed by atoms with E-state index in [1.807, 2.05) is 0 Å². The quantitative estimate of drug-likeness (QED) is 0.184. The molecular weight excluding hydrogens is 500 g/mol. The van der Waals surface area contributed by atoms with Gasteiger partial charge >= 0.3 is 11.9 Å². The predicted molar refractivity (Wildman–Crippen MR) is 133 cm³/mol. The highest BCUT2D eigenvalue weighted by Crippen LogP contribution is 2.45. The number of benzene rings is 3. The van der Waals surface area contributed by atoms with Crippen molar-refractivity contribution in [2.75, 3.05) is 14.2 Å². The van der Waals surface area contributed by atoms with Crippen LogP contribution < -0.4 is 5.43 Å². The molecule has 1 atom stereocenters. The molecular formula is C27H22O11. The van der Waals surface area contributed by atoms with E-state index in [-0.39, 0.29) is 28.7 Å². The molecule has 0 saturated heterocycles. The third kappa shape index (κ3) is 4.52. The number of methoxy groups -OCH3 is 2. The lowest BCUT2D eigenvalue weighted by molar-refractivity contribution is -0.140. The Labute approximate surface area is 214 Å². The minimum absolute atomic E-state index is 0.00229. The van der Waals surface area contributed by atoms with Crippen LogP contribution in [0.2, 0.25) is 0 Å². The number of carbonyl (C=O) groups excluding carboxylic acids is 2. The molecule has 0 amide bonds. The molecule has 11 heteroatoms. The van der Waals surface area contributed by atoms with E-state index in [0.29, 0.717) is 5.56 Å². The molecule has 11 nitrogen and oxygen atoms in total. The van der Waals surface area contributed by atoms with Gasteiger partial charge < -0.3 is 39.4 Å². The summed E-state index contributed by atoms with van der Waals surface area (Å²) in [4.78, 5) is 37.4. The number of hydrogen-bond acceptors (Lipinski definition) is 11. The van der Waals surface area contributed by atoms with Crippen LogP contribution in [0, 0.1) is 0 Å². The summed E-state index contributed by atoms with van der Waals surface area (Å²) in [6.45, 7) is 0. The zero-order valence-corrected chi connectivity index (χ0v) is 20.1. The standard InChI is InChI=1S/C27H22O11/c1-36-20(32)10-15(12-3-5-13(6-4-12)27(35)37-2)21-18(30)11-19(31)22-23(33)24(34)25(38-26(21)22)14-7-8-16(28)17(29)9-14/h3-9,11,15,28-31,34H,10H2,1-2H3/t15-/m0/s1. The third-order valence-corrected chi connectivity index (χ3v) is 6.06. The minimum Gasteiger partial charge on any atom is -0.507 e. The highest BCUT2D eigenvalue weighted by molar-refractivity contribution is 5.93. The number of aromatic hydroxyl groups is 5. The maximum Gasteiger partial charge on any atom is 0.337 e. The first kappa shape index (κ1) is 25.9. The van der Waals surface area contributed by atoms with Crippen molar-refractivity contribution >= 4 is 22.9 Å². The monoisotopic (exact) mass is 522 g/mol. The van der Waals surface area contributed by atoms with E-state index in [9.17, 15) is 39.9 Å².